The van der Waals surface area contributed by atoms with Crippen LogP contribution in [0.5, 0.6) is 0 Å². The summed E-state index contributed by atoms with van der Waals surface area (Å²) in [7, 11) is 0. The van der Waals surface area contributed by atoms with Crippen LogP contribution in [0.4, 0.5) is 0 Å². The van der Waals surface area contributed by atoms with E-state index in [2.05, 4.69) is 6.07 Å². The van der Waals surface area contributed by atoms with E-state index in [1.54, 1.807) is 0 Å². The van der Waals surface area contributed by atoms with E-state index in [1.807, 2.05) is 29.3 Å². The summed E-state index contributed by atoms with van der Waals surface area (Å²) in [5, 5.41) is 16.4. The summed E-state index contributed by atoms with van der Waals surface area (Å²) in [6.07, 6.45) is 8.52. The SMILES string of the molecule is N#CC1CC2C=CC=CN2C1=N. The van der Waals surface area contributed by atoms with Gasteiger partial charge in [0.1, 0.15) is 11.8 Å². The molecule has 3 heteroatoms. The second kappa shape index (κ2) is 2.49. The molecule has 60 valence electrons. The first kappa shape index (κ1) is 7.11. The molecule has 2 aliphatic heterocycles. The highest BCUT2D eigenvalue weighted by Crippen LogP contribution is 2.27. The average Bonchev–Trinajstić information content (AvgIpc) is 2.44. The molecule has 0 spiro atoms. The third kappa shape index (κ3) is 0.850. The van der Waals surface area contributed by atoms with Gasteiger partial charge in [0, 0.05) is 6.20 Å². The van der Waals surface area contributed by atoms with Gasteiger partial charge in [0.25, 0.3) is 0 Å². The number of nitrogens with one attached hydrogen (secondary N) is 1. The first-order valence-electron chi connectivity index (χ1n) is 3.94. The Labute approximate surface area is 71.1 Å². The van der Waals surface area contributed by atoms with Crippen LogP contribution in [0.1, 0.15) is 6.42 Å². The summed E-state index contributed by atoms with van der Waals surface area (Å²) < 4.78 is 0. The molecule has 2 aliphatic rings. The highest BCUT2D eigenvalue weighted by atomic mass is 15.2. The zero-order valence-corrected chi connectivity index (χ0v) is 6.57. The van der Waals surface area contributed by atoms with Gasteiger partial charge in [0.2, 0.25) is 0 Å². The fraction of sp³-hybridized carbons (Fsp3) is 0.333. The van der Waals surface area contributed by atoms with E-state index in [9.17, 15) is 0 Å². The van der Waals surface area contributed by atoms with Gasteiger partial charge in [-0.2, -0.15) is 5.26 Å². The maximum atomic E-state index is 8.72. The van der Waals surface area contributed by atoms with Gasteiger partial charge in [-0.1, -0.05) is 12.2 Å². The summed E-state index contributed by atoms with van der Waals surface area (Å²) in [5.74, 6) is 0.213. The lowest BCUT2D eigenvalue weighted by atomic mass is 10.1. The topological polar surface area (TPSA) is 50.9 Å². The quantitative estimate of drug-likeness (QED) is 0.578. The van der Waals surface area contributed by atoms with Gasteiger partial charge >= 0.3 is 0 Å². The molecule has 0 amide bonds. The van der Waals surface area contributed by atoms with Gasteiger partial charge < -0.3 is 4.90 Å². The largest absolute Gasteiger partial charge is 0.329 e. The molecule has 2 unspecified atom stereocenters. The minimum absolute atomic E-state index is 0.220. The lowest BCUT2D eigenvalue weighted by molar-refractivity contribution is 0.493. The molecule has 1 saturated heterocycles. The maximum Gasteiger partial charge on any atom is 0.118 e. The summed E-state index contributed by atoms with van der Waals surface area (Å²) >= 11 is 0. The number of hydrogen-bond donors (Lipinski definition) is 1. The normalized spacial score (nSPS) is 31.9. The van der Waals surface area contributed by atoms with Crippen molar-refractivity contribution in [1.82, 2.24) is 4.90 Å². The number of nitrogens with zero attached hydrogens (tertiary/aromatic N) is 2. The van der Waals surface area contributed by atoms with Gasteiger partial charge in [-0.15, -0.1) is 0 Å². The van der Waals surface area contributed by atoms with Gasteiger partial charge in [-0.3, -0.25) is 5.41 Å². The van der Waals surface area contributed by atoms with Gasteiger partial charge in [-0.05, 0) is 12.5 Å². The molecule has 12 heavy (non-hydrogen) atoms. The Morgan fingerprint density at radius 2 is 2.42 bits per heavy atom. The Hall–Kier alpha value is -1.56. The summed E-state index contributed by atoms with van der Waals surface area (Å²) in [5.41, 5.74) is 0. The van der Waals surface area contributed by atoms with E-state index >= 15 is 0 Å². The van der Waals surface area contributed by atoms with Crippen LogP contribution in [0.25, 0.3) is 0 Å². The Morgan fingerprint density at radius 3 is 3.08 bits per heavy atom. The van der Waals surface area contributed by atoms with E-state index in [1.165, 1.54) is 0 Å². The van der Waals surface area contributed by atoms with Crippen LogP contribution >= 0.6 is 0 Å². The van der Waals surface area contributed by atoms with Crippen LogP contribution < -0.4 is 0 Å². The number of allylic oxidation sites excluding steroid dienone is 2. The Morgan fingerprint density at radius 1 is 1.58 bits per heavy atom. The zero-order chi connectivity index (χ0) is 8.55. The maximum absolute atomic E-state index is 8.72. The van der Waals surface area contributed by atoms with Crippen LogP contribution in [-0.2, 0) is 0 Å². The molecule has 0 aliphatic carbocycles. The molecule has 2 atom stereocenters. The van der Waals surface area contributed by atoms with Crippen molar-refractivity contribution in [3.63, 3.8) is 0 Å². The van der Waals surface area contributed by atoms with Crippen LogP contribution in [0.15, 0.2) is 24.4 Å². The fourth-order valence-electron chi connectivity index (χ4n) is 1.64. The second-order valence-electron chi connectivity index (χ2n) is 3.00. The van der Waals surface area contributed by atoms with Gasteiger partial charge in [0.15, 0.2) is 0 Å². The Bertz CT molecular complexity index is 308. The first-order valence-corrected chi connectivity index (χ1v) is 3.94. The number of hydrogen-bond acceptors (Lipinski definition) is 2. The molecule has 3 nitrogen and oxygen atoms in total. The van der Waals surface area contributed by atoms with Gasteiger partial charge in [-0.25, -0.2) is 0 Å². The Balaban J connectivity index is 2.28. The third-order valence-electron chi connectivity index (χ3n) is 2.29. The average molecular weight is 159 g/mol. The molecule has 0 radical (unpaired) electrons. The van der Waals surface area contributed by atoms with Crippen molar-refractivity contribution >= 4 is 5.84 Å². The number of rotatable bonds is 0. The molecular formula is C9H9N3. The van der Waals surface area contributed by atoms with E-state index in [4.69, 9.17) is 10.7 Å². The van der Waals surface area contributed by atoms with Crippen molar-refractivity contribution in [2.45, 2.75) is 12.5 Å². The first-order chi connectivity index (χ1) is 5.83. The summed E-state index contributed by atoms with van der Waals surface area (Å²) in [6.45, 7) is 0. The number of nitriles is 1. The third-order valence-corrected chi connectivity index (χ3v) is 2.29. The predicted molar refractivity (Wildman–Crippen MR) is 45.4 cm³/mol. The Kier molecular flexibility index (Phi) is 1.47. The molecule has 2 heterocycles. The monoisotopic (exact) mass is 159 g/mol. The van der Waals surface area contributed by atoms with E-state index < -0.39 is 0 Å². The lowest BCUT2D eigenvalue weighted by Gasteiger charge is -2.21. The van der Waals surface area contributed by atoms with Crippen LogP contribution in [-0.4, -0.2) is 16.8 Å². The smallest absolute Gasteiger partial charge is 0.118 e. The van der Waals surface area contributed by atoms with Crippen molar-refractivity contribution in [1.29, 1.82) is 10.7 Å². The molecule has 1 fully saturated rings. The van der Waals surface area contributed by atoms with Crippen molar-refractivity contribution < 1.29 is 0 Å². The van der Waals surface area contributed by atoms with Crippen molar-refractivity contribution in [2.24, 2.45) is 5.92 Å². The van der Waals surface area contributed by atoms with Crippen molar-refractivity contribution in [3.05, 3.63) is 24.4 Å². The standard InChI is InChI=1S/C9H9N3/c10-6-7-5-8-3-1-2-4-12(8)9(7)11/h1-4,7-8,11H,5H2. The zero-order valence-electron chi connectivity index (χ0n) is 6.57. The number of amidine groups is 1. The van der Waals surface area contributed by atoms with Gasteiger partial charge in [0.05, 0.1) is 12.1 Å². The van der Waals surface area contributed by atoms with Crippen molar-refractivity contribution in [3.8, 4) is 6.07 Å². The lowest BCUT2D eigenvalue weighted by Crippen LogP contribution is -2.27. The van der Waals surface area contributed by atoms with E-state index in [0.29, 0.717) is 5.84 Å². The molecule has 0 aromatic rings. The number of fused-ring (bicyclic) bond motifs is 1. The summed E-state index contributed by atoms with van der Waals surface area (Å²) in [4.78, 5) is 1.86. The molecule has 0 saturated carbocycles. The predicted octanol–water partition coefficient (Wildman–Crippen LogP) is 1.26. The molecule has 0 aromatic carbocycles. The van der Waals surface area contributed by atoms with Crippen molar-refractivity contribution in [2.75, 3.05) is 0 Å². The van der Waals surface area contributed by atoms with Crippen LogP contribution in [0.3, 0.4) is 0 Å². The molecule has 2 rings (SSSR count). The molecule has 0 aromatic heterocycles. The molecular weight excluding hydrogens is 150 g/mol. The molecule has 1 N–H and O–H groups in total. The minimum Gasteiger partial charge on any atom is -0.329 e. The van der Waals surface area contributed by atoms with Crippen LogP contribution in [0, 0.1) is 22.7 Å². The fourth-order valence-corrected chi connectivity index (χ4v) is 1.64. The van der Waals surface area contributed by atoms with E-state index in [-0.39, 0.29) is 12.0 Å². The molecule has 0 bridgehead atoms. The van der Waals surface area contributed by atoms with Crippen LogP contribution in [0.2, 0.25) is 0 Å². The highest BCUT2D eigenvalue weighted by Gasteiger charge is 2.34. The minimum atomic E-state index is -0.220. The summed E-state index contributed by atoms with van der Waals surface area (Å²) in [6, 6.07) is 2.38. The van der Waals surface area contributed by atoms with E-state index in [0.717, 1.165) is 6.42 Å². The second-order valence-corrected chi connectivity index (χ2v) is 3.00. The highest BCUT2D eigenvalue weighted by molar-refractivity contribution is 5.87.